The van der Waals surface area contributed by atoms with Crippen molar-refractivity contribution >= 4 is 26.1 Å². The van der Waals surface area contributed by atoms with E-state index in [1.807, 2.05) is 0 Å². The van der Waals surface area contributed by atoms with E-state index < -0.39 is 9.29 Å². The lowest BCUT2D eigenvalue weighted by molar-refractivity contribution is 0.497. The zero-order chi connectivity index (χ0) is 2.71. The Morgan fingerprint density at radius 2 is 1.00 bits per heavy atom. The predicted molar refractivity (Wildman–Crippen MR) is 18.6 cm³/mol. The van der Waals surface area contributed by atoms with Gasteiger partial charge in [-0.2, -0.15) is 0 Å². The fourth-order valence-corrected chi connectivity index (χ4v) is 0. The normalized spacial score (nSPS) is 1.60. The quantitative estimate of drug-likeness (QED) is 0.337. The summed E-state index contributed by atoms with van der Waals surface area (Å²) >= 11 is 0. The van der Waals surface area contributed by atoms with Gasteiger partial charge in [-0.05, 0) is 0 Å². The van der Waals surface area contributed by atoms with E-state index in [0.717, 1.165) is 0 Å². The summed E-state index contributed by atoms with van der Waals surface area (Å²) in [5.41, 5.74) is 0. The lowest BCUT2D eigenvalue weighted by Crippen LogP contribution is -1.26. The smallest absolute Gasteiger partial charge is 0.274 e. The first-order chi connectivity index (χ1) is 1.41. The predicted octanol–water partition coefficient (Wildman–Crippen LogP) is -1.38. The SMILES string of the molecule is O=[Si]=O.[B].[B]. The number of hydrogen-bond acceptors (Lipinski definition) is 2. The second-order valence-corrected chi connectivity index (χ2v) is 0.250. The Balaban J connectivity index is -0.0000000200. The first-order valence-electron chi connectivity index (χ1n) is 0.408. The second kappa shape index (κ2) is 38.2. The van der Waals surface area contributed by atoms with Crippen molar-refractivity contribution in [3.63, 3.8) is 0 Å². The maximum absolute atomic E-state index is 8.40. The first-order valence-corrected chi connectivity index (χ1v) is 1.22. The van der Waals surface area contributed by atoms with Crippen molar-refractivity contribution in [2.75, 3.05) is 0 Å². The van der Waals surface area contributed by atoms with Crippen LogP contribution in [0.5, 0.6) is 0 Å². The molecule has 0 aromatic heterocycles. The monoisotopic (exact) mass is 82.0 g/mol. The molecule has 0 rings (SSSR count). The van der Waals surface area contributed by atoms with Gasteiger partial charge in [-0.1, -0.05) is 0 Å². The summed E-state index contributed by atoms with van der Waals surface area (Å²) in [6.45, 7) is 0. The van der Waals surface area contributed by atoms with Gasteiger partial charge in [0.05, 0.1) is 0 Å². The van der Waals surface area contributed by atoms with Gasteiger partial charge >= 0.3 is 9.29 Å². The van der Waals surface area contributed by atoms with Crippen LogP contribution in [0.25, 0.3) is 0 Å². The van der Waals surface area contributed by atoms with Crippen LogP contribution in [0.1, 0.15) is 0 Å². The van der Waals surface area contributed by atoms with Crippen molar-refractivity contribution in [3.05, 3.63) is 0 Å². The third-order valence-electron chi connectivity index (χ3n) is 0. The molecule has 0 aromatic rings. The van der Waals surface area contributed by atoms with Crippen LogP contribution >= 0.6 is 0 Å². The molecule has 0 spiro atoms. The van der Waals surface area contributed by atoms with Crippen molar-refractivity contribution in [2.45, 2.75) is 0 Å². The van der Waals surface area contributed by atoms with Crippen molar-refractivity contribution in [1.82, 2.24) is 0 Å². The van der Waals surface area contributed by atoms with Gasteiger partial charge in [-0.3, -0.25) is 8.92 Å². The molecule has 0 saturated heterocycles. The molecule has 0 fully saturated rings. The van der Waals surface area contributed by atoms with Crippen LogP contribution in [0, 0.1) is 0 Å². The van der Waals surface area contributed by atoms with Crippen LogP contribution in [0.15, 0.2) is 0 Å². The molecule has 0 aromatic carbocycles. The Labute approximate surface area is 36.0 Å². The topological polar surface area (TPSA) is 34.1 Å². The Morgan fingerprint density at radius 3 is 1.00 bits per heavy atom. The molecular formula is B2O2Si. The average molecular weight is 81.7 g/mol. The maximum Gasteiger partial charge on any atom is 0.549 e. The van der Waals surface area contributed by atoms with Gasteiger partial charge in [0.15, 0.2) is 0 Å². The zero-order valence-electron chi connectivity index (χ0n) is 2.47. The summed E-state index contributed by atoms with van der Waals surface area (Å²) in [6.07, 6.45) is 0. The first kappa shape index (κ1) is 20.3. The van der Waals surface area contributed by atoms with Crippen LogP contribution in [-0.4, -0.2) is 26.1 Å². The highest BCUT2D eigenvalue weighted by molar-refractivity contribution is 5.94. The van der Waals surface area contributed by atoms with Crippen LogP contribution in [-0.2, 0) is 8.92 Å². The van der Waals surface area contributed by atoms with Gasteiger partial charge in [0, 0.05) is 16.8 Å². The van der Waals surface area contributed by atoms with Crippen LogP contribution in [0.3, 0.4) is 0 Å². The second-order valence-electron chi connectivity index (χ2n) is 0.0833. The van der Waals surface area contributed by atoms with E-state index in [2.05, 4.69) is 0 Å². The third kappa shape index (κ3) is 5280. The molecule has 2 nitrogen and oxygen atoms in total. The fraction of sp³-hybridized carbons (Fsp3) is 0. The van der Waals surface area contributed by atoms with E-state index in [0.29, 0.717) is 0 Å². The molecule has 0 saturated carbocycles. The Morgan fingerprint density at radius 1 is 1.00 bits per heavy atom. The molecule has 22 valence electrons. The Kier molecular flexibility index (Phi) is 155. The number of hydrogen-bond donors (Lipinski definition) is 0. The molecule has 0 bridgehead atoms. The molecule has 0 heterocycles. The van der Waals surface area contributed by atoms with Crippen molar-refractivity contribution in [2.24, 2.45) is 0 Å². The van der Waals surface area contributed by atoms with E-state index >= 15 is 0 Å². The van der Waals surface area contributed by atoms with Gasteiger partial charge in [-0.15, -0.1) is 0 Å². The minimum absolute atomic E-state index is 0. The molecule has 0 N–H and O–H groups in total. The summed E-state index contributed by atoms with van der Waals surface area (Å²) < 4.78 is 16.8. The van der Waals surface area contributed by atoms with Gasteiger partial charge in [0.1, 0.15) is 0 Å². The molecule has 0 atom stereocenters. The largest absolute Gasteiger partial charge is 0.549 e. The third-order valence-corrected chi connectivity index (χ3v) is 0. The number of rotatable bonds is 0. The highest BCUT2D eigenvalue weighted by Crippen LogP contribution is 0.759. The summed E-state index contributed by atoms with van der Waals surface area (Å²) in [5.74, 6) is 0. The average Bonchev–Trinajstić information content (AvgIpc) is 0.918. The van der Waals surface area contributed by atoms with Crippen molar-refractivity contribution in [3.8, 4) is 0 Å². The standard InChI is InChI=1S/2B.O2Si/c;;1-3-2. The van der Waals surface area contributed by atoms with E-state index in [1.165, 1.54) is 0 Å². The Bertz CT molecular complexity index is 28.6. The molecule has 6 radical (unpaired) electrons. The zero-order valence-corrected chi connectivity index (χ0v) is 3.47. The van der Waals surface area contributed by atoms with E-state index in [-0.39, 0.29) is 16.8 Å². The minimum Gasteiger partial charge on any atom is -0.274 e. The van der Waals surface area contributed by atoms with E-state index in [4.69, 9.17) is 8.92 Å². The lowest BCUT2D eigenvalue weighted by Gasteiger charge is -0.944. The summed E-state index contributed by atoms with van der Waals surface area (Å²) in [7, 11) is -1.42. The molecule has 0 aliphatic carbocycles. The molecule has 5 heavy (non-hydrogen) atoms. The van der Waals surface area contributed by atoms with Crippen LogP contribution in [0.4, 0.5) is 0 Å². The summed E-state index contributed by atoms with van der Waals surface area (Å²) in [5, 5.41) is 0. The van der Waals surface area contributed by atoms with Gasteiger partial charge in [0.25, 0.3) is 0 Å². The minimum atomic E-state index is -1.42. The van der Waals surface area contributed by atoms with Gasteiger partial charge < -0.3 is 0 Å². The van der Waals surface area contributed by atoms with Crippen molar-refractivity contribution < 1.29 is 8.92 Å². The molecule has 0 amide bonds. The molecule has 0 unspecified atom stereocenters. The molecule has 0 aliphatic heterocycles. The van der Waals surface area contributed by atoms with Gasteiger partial charge in [-0.25, -0.2) is 0 Å². The molecule has 0 aliphatic rings. The van der Waals surface area contributed by atoms with Crippen LogP contribution in [0.2, 0.25) is 0 Å². The van der Waals surface area contributed by atoms with Crippen molar-refractivity contribution in [1.29, 1.82) is 0 Å². The molecular weight excluding hydrogens is 81.7 g/mol. The van der Waals surface area contributed by atoms with Crippen LogP contribution < -0.4 is 0 Å². The molecule has 5 heteroatoms. The lowest BCUT2D eigenvalue weighted by atomic mass is 10.8. The van der Waals surface area contributed by atoms with E-state index in [9.17, 15) is 0 Å². The highest BCUT2D eigenvalue weighted by atomic mass is 28.2. The maximum atomic E-state index is 8.40. The Hall–Kier alpha value is -0.0532. The summed E-state index contributed by atoms with van der Waals surface area (Å²) in [4.78, 5) is 0. The fourth-order valence-electron chi connectivity index (χ4n) is 0. The summed E-state index contributed by atoms with van der Waals surface area (Å²) in [6, 6.07) is 0. The van der Waals surface area contributed by atoms with E-state index in [1.54, 1.807) is 0 Å². The highest BCUT2D eigenvalue weighted by Gasteiger charge is 1.22. The van der Waals surface area contributed by atoms with Gasteiger partial charge in [0.2, 0.25) is 0 Å².